The number of amides is 1. The van der Waals surface area contributed by atoms with Crippen molar-refractivity contribution in [1.29, 1.82) is 0 Å². The number of carbonyl (C=O) groups excluding carboxylic acids is 1. The van der Waals surface area contributed by atoms with Crippen LogP contribution >= 0.6 is 11.6 Å². The summed E-state index contributed by atoms with van der Waals surface area (Å²) in [7, 11) is 1.53. The quantitative estimate of drug-likeness (QED) is 0.858. The third-order valence-electron chi connectivity index (χ3n) is 2.98. The molecule has 0 heterocycles. The number of halogens is 1. The Balaban J connectivity index is 1.93. The molecule has 1 unspecified atom stereocenters. The topological polar surface area (TPSA) is 58.6 Å². The molecule has 1 aliphatic carbocycles. The van der Waals surface area contributed by atoms with Crippen molar-refractivity contribution in [3.8, 4) is 5.75 Å². The molecule has 98 valence electrons. The van der Waals surface area contributed by atoms with Crippen LogP contribution in [-0.2, 0) is 4.79 Å². The first-order valence-corrected chi connectivity index (χ1v) is 6.29. The molecule has 2 N–H and O–H groups in total. The van der Waals surface area contributed by atoms with Crippen molar-refractivity contribution in [2.45, 2.75) is 18.9 Å². The predicted molar refractivity (Wildman–Crippen MR) is 68.7 cm³/mol. The van der Waals surface area contributed by atoms with Crippen LogP contribution in [0.2, 0.25) is 5.02 Å². The minimum absolute atomic E-state index is 0.0219. The van der Waals surface area contributed by atoms with Gasteiger partial charge in [0.15, 0.2) is 0 Å². The highest BCUT2D eigenvalue weighted by atomic mass is 35.5. The molecule has 0 saturated heterocycles. The van der Waals surface area contributed by atoms with Crippen molar-refractivity contribution in [1.82, 2.24) is 5.32 Å². The van der Waals surface area contributed by atoms with E-state index in [9.17, 15) is 9.90 Å². The van der Waals surface area contributed by atoms with E-state index in [1.165, 1.54) is 7.11 Å². The molecule has 0 radical (unpaired) electrons. The normalized spacial score (nSPS) is 16.2. The fraction of sp³-hybridized carbons (Fsp3) is 0.462. The lowest BCUT2D eigenvalue weighted by Crippen LogP contribution is -2.29. The maximum atomic E-state index is 11.4. The standard InChI is InChI=1S/C13H16ClNO3/c1-18-12-5-4-9(6-10(12)14)11(16)7-15-13(17)8-2-3-8/h4-6,8,11,16H,2-3,7H2,1H3,(H,15,17). The lowest BCUT2D eigenvalue weighted by atomic mass is 10.1. The maximum Gasteiger partial charge on any atom is 0.223 e. The molecule has 1 aromatic carbocycles. The molecule has 5 heteroatoms. The second kappa shape index (κ2) is 5.59. The van der Waals surface area contributed by atoms with Crippen LogP contribution < -0.4 is 10.1 Å². The molecule has 2 rings (SSSR count). The van der Waals surface area contributed by atoms with Crippen LogP contribution in [0.15, 0.2) is 18.2 Å². The molecule has 4 nitrogen and oxygen atoms in total. The van der Waals surface area contributed by atoms with Gasteiger partial charge in [0.2, 0.25) is 5.91 Å². The average molecular weight is 270 g/mol. The molecular formula is C13H16ClNO3. The second-order valence-electron chi connectivity index (χ2n) is 4.43. The van der Waals surface area contributed by atoms with E-state index < -0.39 is 6.10 Å². The van der Waals surface area contributed by atoms with Crippen LogP contribution in [0.3, 0.4) is 0 Å². The summed E-state index contributed by atoms with van der Waals surface area (Å²) < 4.78 is 5.03. The van der Waals surface area contributed by atoms with Crippen molar-refractivity contribution >= 4 is 17.5 Å². The van der Waals surface area contributed by atoms with Crippen molar-refractivity contribution in [2.24, 2.45) is 5.92 Å². The molecule has 1 fully saturated rings. The molecule has 1 aromatic rings. The number of benzene rings is 1. The number of rotatable bonds is 5. The Morgan fingerprint density at radius 2 is 2.33 bits per heavy atom. The van der Waals surface area contributed by atoms with Gasteiger partial charge in [0.25, 0.3) is 0 Å². The third-order valence-corrected chi connectivity index (χ3v) is 3.27. The van der Waals surface area contributed by atoms with Gasteiger partial charge in [-0.2, -0.15) is 0 Å². The van der Waals surface area contributed by atoms with Crippen molar-refractivity contribution < 1.29 is 14.6 Å². The van der Waals surface area contributed by atoms with E-state index in [-0.39, 0.29) is 18.4 Å². The number of nitrogens with one attached hydrogen (secondary N) is 1. The number of carbonyl (C=O) groups is 1. The van der Waals surface area contributed by atoms with Crippen LogP contribution in [-0.4, -0.2) is 24.7 Å². The van der Waals surface area contributed by atoms with Gasteiger partial charge in [0.1, 0.15) is 5.75 Å². The summed E-state index contributed by atoms with van der Waals surface area (Å²) in [6.45, 7) is 0.206. The molecule has 0 aliphatic heterocycles. The van der Waals surface area contributed by atoms with Crippen molar-refractivity contribution in [3.05, 3.63) is 28.8 Å². The zero-order valence-electron chi connectivity index (χ0n) is 10.1. The SMILES string of the molecule is COc1ccc(C(O)CNC(=O)C2CC2)cc1Cl. The van der Waals surface area contributed by atoms with Gasteiger partial charge in [-0.05, 0) is 30.5 Å². The first-order chi connectivity index (χ1) is 8.61. The first kappa shape index (κ1) is 13.2. The van der Waals surface area contributed by atoms with E-state index in [0.29, 0.717) is 16.3 Å². The summed E-state index contributed by atoms with van der Waals surface area (Å²) in [6, 6.07) is 5.08. The second-order valence-corrected chi connectivity index (χ2v) is 4.84. The zero-order valence-corrected chi connectivity index (χ0v) is 10.9. The van der Waals surface area contributed by atoms with Gasteiger partial charge in [-0.1, -0.05) is 17.7 Å². The Kier molecular flexibility index (Phi) is 4.09. The van der Waals surface area contributed by atoms with Gasteiger partial charge in [-0.15, -0.1) is 0 Å². The van der Waals surface area contributed by atoms with E-state index >= 15 is 0 Å². The van der Waals surface area contributed by atoms with E-state index in [1.807, 2.05) is 0 Å². The third kappa shape index (κ3) is 3.15. The van der Waals surface area contributed by atoms with Gasteiger partial charge in [-0.3, -0.25) is 4.79 Å². The minimum Gasteiger partial charge on any atom is -0.495 e. The summed E-state index contributed by atoms with van der Waals surface area (Å²) in [5.74, 6) is 0.736. The molecule has 18 heavy (non-hydrogen) atoms. The maximum absolute atomic E-state index is 11.4. The van der Waals surface area contributed by atoms with Crippen LogP contribution in [0.5, 0.6) is 5.75 Å². The lowest BCUT2D eigenvalue weighted by Gasteiger charge is -2.13. The lowest BCUT2D eigenvalue weighted by molar-refractivity contribution is -0.122. The molecule has 1 saturated carbocycles. The van der Waals surface area contributed by atoms with Crippen LogP contribution in [0.1, 0.15) is 24.5 Å². The Morgan fingerprint density at radius 1 is 1.61 bits per heavy atom. The van der Waals surface area contributed by atoms with E-state index in [2.05, 4.69) is 5.32 Å². The first-order valence-electron chi connectivity index (χ1n) is 5.91. The summed E-state index contributed by atoms with van der Waals surface area (Å²) >= 11 is 5.97. The average Bonchev–Trinajstić information content (AvgIpc) is 3.19. The van der Waals surface area contributed by atoms with Gasteiger partial charge in [-0.25, -0.2) is 0 Å². The number of methoxy groups -OCH3 is 1. The molecule has 1 atom stereocenters. The predicted octanol–water partition coefficient (Wildman–Crippen LogP) is 1.91. The number of aliphatic hydroxyl groups is 1. The Bertz CT molecular complexity index is 446. The molecule has 0 bridgehead atoms. The van der Waals surface area contributed by atoms with Crippen LogP contribution in [0, 0.1) is 5.92 Å². The number of hydrogen-bond donors (Lipinski definition) is 2. The van der Waals surface area contributed by atoms with E-state index in [0.717, 1.165) is 12.8 Å². The summed E-state index contributed by atoms with van der Waals surface area (Å²) in [5.41, 5.74) is 0.664. The molecule has 1 amide bonds. The van der Waals surface area contributed by atoms with Crippen molar-refractivity contribution in [3.63, 3.8) is 0 Å². The van der Waals surface area contributed by atoms with E-state index in [1.54, 1.807) is 18.2 Å². The van der Waals surface area contributed by atoms with Gasteiger partial charge in [0.05, 0.1) is 18.2 Å². The molecule has 0 spiro atoms. The summed E-state index contributed by atoms with van der Waals surface area (Å²) in [5, 5.41) is 13.1. The zero-order chi connectivity index (χ0) is 13.1. The fourth-order valence-corrected chi connectivity index (χ4v) is 1.96. The highest BCUT2D eigenvalue weighted by Gasteiger charge is 2.29. The molecule has 0 aromatic heterocycles. The Morgan fingerprint density at radius 3 is 2.89 bits per heavy atom. The summed E-state index contributed by atoms with van der Waals surface area (Å²) in [4.78, 5) is 11.4. The van der Waals surface area contributed by atoms with Gasteiger partial charge in [0, 0.05) is 12.5 Å². The van der Waals surface area contributed by atoms with Crippen molar-refractivity contribution in [2.75, 3.05) is 13.7 Å². The number of aliphatic hydroxyl groups excluding tert-OH is 1. The smallest absolute Gasteiger partial charge is 0.223 e. The van der Waals surface area contributed by atoms with Crippen LogP contribution in [0.25, 0.3) is 0 Å². The molecular weight excluding hydrogens is 254 g/mol. The van der Waals surface area contributed by atoms with E-state index in [4.69, 9.17) is 16.3 Å². The minimum atomic E-state index is -0.754. The monoisotopic (exact) mass is 269 g/mol. The van der Waals surface area contributed by atoms with Crippen LogP contribution in [0.4, 0.5) is 0 Å². The van der Waals surface area contributed by atoms with Gasteiger partial charge >= 0.3 is 0 Å². The largest absolute Gasteiger partial charge is 0.495 e. The number of hydrogen-bond acceptors (Lipinski definition) is 3. The fourth-order valence-electron chi connectivity index (χ4n) is 1.69. The number of ether oxygens (including phenoxy) is 1. The highest BCUT2D eigenvalue weighted by molar-refractivity contribution is 6.32. The summed E-state index contributed by atoms with van der Waals surface area (Å²) in [6.07, 6.45) is 1.16. The Labute approximate surface area is 111 Å². The molecule has 1 aliphatic rings. The highest BCUT2D eigenvalue weighted by Crippen LogP contribution is 2.29. The van der Waals surface area contributed by atoms with Gasteiger partial charge < -0.3 is 15.2 Å². The Hall–Kier alpha value is -1.26.